The van der Waals surface area contributed by atoms with Gasteiger partial charge in [-0.15, -0.1) is 0 Å². The van der Waals surface area contributed by atoms with E-state index >= 15 is 0 Å². The zero-order valence-electron chi connectivity index (χ0n) is 15.1. The molecule has 0 aliphatic carbocycles. The number of rotatable bonds is 8. The maximum Gasteiger partial charge on any atom is 0.315 e. The van der Waals surface area contributed by atoms with E-state index in [1.807, 2.05) is 0 Å². The highest BCUT2D eigenvalue weighted by molar-refractivity contribution is 7.89. The van der Waals surface area contributed by atoms with E-state index in [9.17, 15) is 22.7 Å². The highest BCUT2D eigenvalue weighted by atomic mass is 32.2. The van der Waals surface area contributed by atoms with E-state index in [4.69, 9.17) is 9.88 Å². The molecule has 0 spiro atoms. The lowest BCUT2D eigenvalue weighted by Crippen LogP contribution is -2.42. The summed E-state index contributed by atoms with van der Waals surface area (Å²) in [6.45, 7) is 1.53. The average Bonchev–Trinajstić information content (AvgIpc) is 2.64. The summed E-state index contributed by atoms with van der Waals surface area (Å²) in [5, 5.41) is 20.1. The molecule has 0 saturated heterocycles. The fraction of sp³-hybridized carbons (Fsp3) is 0.278. The number of halogens is 1. The molecule has 10 heteroatoms. The SMILES string of the molecule is C[C@@H](NC(=O)NC[C@H](O)COc1cccc(F)c1)c1ccc(S(N)(=O)=O)cc1. The third kappa shape index (κ3) is 6.80. The van der Waals surface area contributed by atoms with Crippen LogP contribution in [0.4, 0.5) is 9.18 Å². The van der Waals surface area contributed by atoms with Gasteiger partial charge >= 0.3 is 6.03 Å². The minimum absolute atomic E-state index is 0.0191. The molecule has 28 heavy (non-hydrogen) atoms. The summed E-state index contributed by atoms with van der Waals surface area (Å²) in [6.07, 6.45) is -0.988. The molecule has 0 saturated carbocycles. The monoisotopic (exact) mass is 411 g/mol. The number of ether oxygens (including phenoxy) is 1. The first-order valence-corrected chi connectivity index (χ1v) is 9.93. The molecule has 2 atom stereocenters. The van der Waals surface area contributed by atoms with Crippen molar-refractivity contribution in [1.29, 1.82) is 0 Å². The van der Waals surface area contributed by atoms with Crippen LogP contribution >= 0.6 is 0 Å². The van der Waals surface area contributed by atoms with Crippen molar-refractivity contribution in [2.75, 3.05) is 13.2 Å². The molecule has 2 aromatic rings. The first-order chi connectivity index (χ1) is 13.1. The predicted molar refractivity (Wildman–Crippen MR) is 101 cm³/mol. The molecule has 0 radical (unpaired) electrons. The lowest BCUT2D eigenvalue weighted by Gasteiger charge is -2.17. The van der Waals surface area contributed by atoms with Crippen LogP contribution in [0.2, 0.25) is 0 Å². The lowest BCUT2D eigenvalue weighted by molar-refractivity contribution is 0.107. The zero-order valence-corrected chi connectivity index (χ0v) is 15.9. The Labute approximate surface area is 162 Å². The third-order valence-electron chi connectivity index (χ3n) is 3.79. The first kappa shape index (κ1) is 21.6. The van der Waals surface area contributed by atoms with Crippen LogP contribution in [0.1, 0.15) is 18.5 Å². The van der Waals surface area contributed by atoms with Crippen LogP contribution < -0.4 is 20.5 Å². The Morgan fingerprint density at radius 1 is 1.25 bits per heavy atom. The second-order valence-electron chi connectivity index (χ2n) is 6.11. The second kappa shape index (κ2) is 9.49. The molecule has 0 unspecified atom stereocenters. The van der Waals surface area contributed by atoms with Crippen molar-refractivity contribution >= 4 is 16.1 Å². The minimum atomic E-state index is -3.77. The van der Waals surface area contributed by atoms with Gasteiger partial charge in [-0.3, -0.25) is 0 Å². The Kier molecular flexibility index (Phi) is 7.32. The van der Waals surface area contributed by atoms with E-state index in [1.165, 1.54) is 30.3 Å². The summed E-state index contributed by atoms with van der Waals surface area (Å²) in [5.41, 5.74) is 0.678. The molecule has 0 aliphatic heterocycles. The summed E-state index contributed by atoms with van der Waals surface area (Å²) in [4.78, 5) is 11.9. The van der Waals surface area contributed by atoms with Crippen LogP contribution in [-0.4, -0.2) is 38.8 Å². The number of urea groups is 1. The van der Waals surface area contributed by atoms with Crippen molar-refractivity contribution < 1.29 is 27.4 Å². The van der Waals surface area contributed by atoms with Gasteiger partial charge < -0.3 is 20.5 Å². The topological polar surface area (TPSA) is 131 Å². The van der Waals surface area contributed by atoms with Gasteiger partial charge in [-0.2, -0.15) is 0 Å². The molecular weight excluding hydrogens is 389 g/mol. The van der Waals surface area contributed by atoms with Crippen molar-refractivity contribution in [3.05, 3.63) is 59.9 Å². The zero-order chi connectivity index (χ0) is 20.7. The highest BCUT2D eigenvalue weighted by Crippen LogP contribution is 2.15. The van der Waals surface area contributed by atoms with E-state index in [2.05, 4.69) is 10.6 Å². The van der Waals surface area contributed by atoms with Gasteiger partial charge in [-0.05, 0) is 36.8 Å². The Morgan fingerprint density at radius 3 is 2.54 bits per heavy atom. The van der Waals surface area contributed by atoms with Gasteiger partial charge in [0.25, 0.3) is 0 Å². The quantitative estimate of drug-likeness (QED) is 0.520. The number of primary sulfonamides is 1. The van der Waals surface area contributed by atoms with Crippen molar-refractivity contribution in [2.24, 2.45) is 5.14 Å². The largest absolute Gasteiger partial charge is 0.491 e. The van der Waals surface area contributed by atoms with Gasteiger partial charge in [-0.25, -0.2) is 22.7 Å². The Bertz CT molecular complexity index is 906. The molecule has 8 nitrogen and oxygen atoms in total. The number of carbonyl (C=O) groups is 1. The lowest BCUT2D eigenvalue weighted by atomic mass is 10.1. The smallest absolute Gasteiger partial charge is 0.315 e. The molecule has 152 valence electrons. The maximum absolute atomic E-state index is 13.0. The summed E-state index contributed by atoms with van der Waals surface area (Å²) in [6, 6.07) is 10.4. The van der Waals surface area contributed by atoms with Crippen LogP contribution in [-0.2, 0) is 10.0 Å². The summed E-state index contributed by atoms with van der Waals surface area (Å²) in [7, 11) is -3.77. The van der Waals surface area contributed by atoms with Gasteiger partial charge in [-0.1, -0.05) is 18.2 Å². The first-order valence-electron chi connectivity index (χ1n) is 8.38. The predicted octanol–water partition coefficient (Wildman–Crippen LogP) is 1.27. The van der Waals surface area contributed by atoms with Crippen molar-refractivity contribution in [1.82, 2.24) is 10.6 Å². The molecule has 0 bridgehead atoms. The maximum atomic E-state index is 13.0. The molecule has 2 rings (SSSR count). The van der Waals surface area contributed by atoms with E-state index in [0.717, 1.165) is 0 Å². The Balaban J connectivity index is 1.76. The molecule has 0 aliphatic rings. The molecule has 2 aromatic carbocycles. The van der Waals surface area contributed by atoms with Gasteiger partial charge in [0.15, 0.2) is 0 Å². The van der Waals surface area contributed by atoms with Crippen LogP contribution in [0, 0.1) is 5.82 Å². The number of aliphatic hydroxyl groups excluding tert-OH is 1. The normalized spacial score (nSPS) is 13.4. The summed E-state index contributed by atoms with van der Waals surface area (Å²) < 4.78 is 40.8. The van der Waals surface area contributed by atoms with Crippen molar-refractivity contribution in [2.45, 2.75) is 24.0 Å². The van der Waals surface area contributed by atoms with Gasteiger partial charge in [0.2, 0.25) is 10.0 Å². The number of aliphatic hydroxyl groups is 1. The molecule has 0 fully saturated rings. The van der Waals surface area contributed by atoms with E-state index < -0.39 is 34.0 Å². The number of hydrogen-bond donors (Lipinski definition) is 4. The third-order valence-corrected chi connectivity index (χ3v) is 4.72. The van der Waals surface area contributed by atoms with Gasteiger partial charge in [0.1, 0.15) is 24.3 Å². The fourth-order valence-corrected chi connectivity index (χ4v) is 2.81. The van der Waals surface area contributed by atoms with Crippen molar-refractivity contribution in [3.8, 4) is 5.75 Å². The van der Waals surface area contributed by atoms with Crippen LogP contribution in [0.25, 0.3) is 0 Å². The molecule has 2 amide bonds. The fourth-order valence-electron chi connectivity index (χ4n) is 2.30. The minimum Gasteiger partial charge on any atom is -0.491 e. The van der Waals surface area contributed by atoms with Crippen molar-refractivity contribution in [3.63, 3.8) is 0 Å². The highest BCUT2D eigenvalue weighted by Gasteiger charge is 2.13. The Hall–Kier alpha value is -2.69. The summed E-state index contributed by atoms with van der Waals surface area (Å²) in [5.74, 6) is -0.171. The van der Waals surface area contributed by atoms with Gasteiger partial charge in [0.05, 0.1) is 10.9 Å². The number of hydrogen-bond acceptors (Lipinski definition) is 5. The standard InChI is InChI=1S/C18H22FN3O5S/c1-12(13-5-7-17(8-6-13)28(20,25)26)22-18(24)21-10-15(23)11-27-16-4-2-3-14(19)9-16/h2-9,12,15,23H,10-11H2,1H3,(H2,20,25,26)(H2,21,22,24)/t12-,15+/m1/s1. The van der Waals surface area contributed by atoms with Crippen LogP contribution in [0.5, 0.6) is 5.75 Å². The number of carbonyl (C=O) groups excluding carboxylic acids is 1. The average molecular weight is 411 g/mol. The molecule has 0 aromatic heterocycles. The molecule has 0 heterocycles. The number of nitrogens with one attached hydrogen (secondary N) is 2. The molecular formula is C18H22FN3O5S. The number of nitrogens with two attached hydrogens (primary N) is 1. The Morgan fingerprint density at radius 2 is 1.93 bits per heavy atom. The molecule has 5 N–H and O–H groups in total. The summed E-state index contributed by atoms with van der Waals surface area (Å²) >= 11 is 0. The van der Waals surface area contributed by atoms with Crippen LogP contribution in [0.15, 0.2) is 53.4 Å². The number of sulfonamides is 1. The van der Waals surface area contributed by atoms with E-state index in [1.54, 1.807) is 25.1 Å². The van der Waals surface area contributed by atoms with Gasteiger partial charge in [0, 0.05) is 12.6 Å². The number of benzene rings is 2. The number of amides is 2. The van der Waals surface area contributed by atoms with E-state index in [0.29, 0.717) is 5.56 Å². The second-order valence-corrected chi connectivity index (χ2v) is 7.67. The van der Waals surface area contributed by atoms with Crippen LogP contribution in [0.3, 0.4) is 0 Å². The van der Waals surface area contributed by atoms with E-state index in [-0.39, 0.29) is 23.8 Å².